The second kappa shape index (κ2) is 5.33. The minimum absolute atomic E-state index is 0.00882. The molecule has 7 nitrogen and oxygen atoms in total. The van der Waals surface area contributed by atoms with Gasteiger partial charge >= 0.3 is 0 Å². The Morgan fingerprint density at radius 2 is 2.26 bits per heavy atom. The Labute approximate surface area is 134 Å². The standard InChI is InChI=1S/C16H22N4O3/c17-15(22)16-3-4-23-9-13(16)7-19(10-16)14(21)8-20-6-12(5-18-20)11-1-2-11/h5-6,11,13H,1-4,7-10H2,(H2,17,22)/t13-,16+/m1/s1. The van der Waals surface area contributed by atoms with E-state index >= 15 is 0 Å². The zero-order chi connectivity index (χ0) is 16.0. The van der Waals surface area contributed by atoms with Crippen molar-refractivity contribution in [3.8, 4) is 0 Å². The molecule has 1 aliphatic carbocycles. The zero-order valence-electron chi connectivity index (χ0n) is 13.1. The lowest BCUT2D eigenvalue weighted by atomic mass is 9.74. The van der Waals surface area contributed by atoms with Crippen LogP contribution in [0.4, 0.5) is 0 Å². The third-order valence-corrected chi connectivity index (χ3v) is 5.55. The van der Waals surface area contributed by atoms with E-state index in [9.17, 15) is 9.59 Å². The van der Waals surface area contributed by atoms with Gasteiger partial charge in [0.05, 0.1) is 18.2 Å². The van der Waals surface area contributed by atoms with Gasteiger partial charge in [-0.25, -0.2) is 0 Å². The predicted molar refractivity (Wildman–Crippen MR) is 81.3 cm³/mol. The van der Waals surface area contributed by atoms with Crippen molar-refractivity contribution in [1.29, 1.82) is 0 Å². The molecule has 4 rings (SSSR count). The van der Waals surface area contributed by atoms with Gasteiger partial charge < -0.3 is 15.4 Å². The van der Waals surface area contributed by atoms with Crippen LogP contribution in [0.5, 0.6) is 0 Å². The van der Waals surface area contributed by atoms with E-state index in [1.165, 1.54) is 18.4 Å². The number of hydrogen-bond donors (Lipinski definition) is 1. The summed E-state index contributed by atoms with van der Waals surface area (Å²) in [5.41, 5.74) is 6.26. The van der Waals surface area contributed by atoms with E-state index in [0.717, 1.165) is 0 Å². The number of likely N-dealkylation sites (tertiary alicyclic amines) is 1. The van der Waals surface area contributed by atoms with Gasteiger partial charge in [0.2, 0.25) is 11.8 Å². The number of ether oxygens (including phenoxy) is 1. The van der Waals surface area contributed by atoms with Crippen LogP contribution in [0.3, 0.4) is 0 Å². The van der Waals surface area contributed by atoms with E-state index in [4.69, 9.17) is 10.5 Å². The molecule has 2 amide bonds. The first-order valence-electron chi connectivity index (χ1n) is 8.26. The van der Waals surface area contributed by atoms with Crippen LogP contribution in [-0.2, 0) is 20.9 Å². The SMILES string of the molecule is NC(=O)[C@]12CCOC[C@H]1CN(C(=O)Cn1cc(C3CC3)cn1)C2. The third-order valence-electron chi connectivity index (χ3n) is 5.55. The molecule has 0 spiro atoms. The Morgan fingerprint density at radius 1 is 1.43 bits per heavy atom. The topological polar surface area (TPSA) is 90.5 Å². The summed E-state index contributed by atoms with van der Waals surface area (Å²) in [6, 6.07) is 0. The zero-order valence-corrected chi connectivity index (χ0v) is 13.1. The summed E-state index contributed by atoms with van der Waals surface area (Å²) in [5, 5.41) is 4.28. The normalized spacial score (nSPS) is 30.3. The van der Waals surface area contributed by atoms with Crippen LogP contribution in [0, 0.1) is 11.3 Å². The molecule has 1 aromatic heterocycles. The molecule has 7 heteroatoms. The largest absolute Gasteiger partial charge is 0.381 e. The fraction of sp³-hybridized carbons (Fsp3) is 0.688. The molecule has 3 heterocycles. The lowest BCUT2D eigenvalue weighted by Crippen LogP contribution is -2.48. The van der Waals surface area contributed by atoms with Crippen molar-refractivity contribution < 1.29 is 14.3 Å². The average Bonchev–Trinajstić information content (AvgIpc) is 3.14. The molecule has 1 saturated carbocycles. The van der Waals surface area contributed by atoms with Crippen LogP contribution in [0.15, 0.2) is 12.4 Å². The van der Waals surface area contributed by atoms with Gasteiger partial charge in [-0.15, -0.1) is 0 Å². The number of fused-ring (bicyclic) bond motifs is 1. The quantitative estimate of drug-likeness (QED) is 0.853. The molecule has 2 N–H and O–H groups in total. The van der Waals surface area contributed by atoms with Crippen LogP contribution < -0.4 is 5.73 Å². The summed E-state index contributed by atoms with van der Waals surface area (Å²) in [7, 11) is 0. The highest BCUT2D eigenvalue weighted by molar-refractivity contribution is 5.84. The Balaban J connectivity index is 1.45. The first-order chi connectivity index (χ1) is 11.1. The molecule has 3 aliphatic rings. The van der Waals surface area contributed by atoms with Crippen molar-refractivity contribution in [1.82, 2.24) is 14.7 Å². The van der Waals surface area contributed by atoms with Crippen LogP contribution in [0.25, 0.3) is 0 Å². The van der Waals surface area contributed by atoms with Gasteiger partial charge in [0, 0.05) is 31.8 Å². The molecule has 0 radical (unpaired) electrons. The van der Waals surface area contributed by atoms with E-state index < -0.39 is 5.41 Å². The van der Waals surface area contributed by atoms with Crippen molar-refractivity contribution in [3.05, 3.63) is 18.0 Å². The first-order valence-corrected chi connectivity index (χ1v) is 8.26. The summed E-state index contributed by atoms with van der Waals surface area (Å²) < 4.78 is 7.18. The molecule has 2 aliphatic heterocycles. The Hall–Kier alpha value is -1.89. The summed E-state index contributed by atoms with van der Waals surface area (Å²) in [6.07, 6.45) is 6.85. The van der Waals surface area contributed by atoms with E-state index in [1.807, 2.05) is 12.4 Å². The van der Waals surface area contributed by atoms with Crippen molar-refractivity contribution in [2.75, 3.05) is 26.3 Å². The molecule has 1 aromatic rings. The number of nitrogens with two attached hydrogens (primary N) is 1. The molecule has 0 bridgehead atoms. The maximum absolute atomic E-state index is 12.6. The lowest BCUT2D eigenvalue weighted by molar-refractivity contribution is -0.136. The van der Waals surface area contributed by atoms with Crippen molar-refractivity contribution in [2.24, 2.45) is 17.1 Å². The molecule has 0 aromatic carbocycles. The van der Waals surface area contributed by atoms with Crippen LogP contribution in [-0.4, -0.2) is 52.8 Å². The highest BCUT2D eigenvalue weighted by Crippen LogP contribution is 2.42. The Kier molecular flexibility index (Phi) is 3.41. The average molecular weight is 318 g/mol. The number of nitrogens with zero attached hydrogens (tertiary/aromatic N) is 3. The Bertz CT molecular complexity index is 639. The number of hydrogen-bond acceptors (Lipinski definition) is 4. The maximum Gasteiger partial charge on any atom is 0.244 e. The van der Waals surface area contributed by atoms with Gasteiger partial charge in [0.1, 0.15) is 6.54 Å². The predicted octanol–water partition coefficient (Wildman–Crippen LogP) is 0.111. The second-order valence-corrected chi connectivity index (χ2v) is 7.06. The molecule has 23 heavy (non-hydrogen) atoms. The first kappa shape index (κ1) is 14.7. The summed E-state index contributed by atoms with van der Waals surface area (Å²) in [6.45, 7) is 2.20. The Morgan fingerprint density at radius 3 is 2.96 bits per heavy atom. The molecule has 0 unspecified atom stereocenters. The minimum Gasteiger partial charge on any atom is -0.381 e. The number of aromatic nitrogens is 2. The van der Waals surface area contributed by atoms with Gasteiger partial charge in [0.25, 0.3) is 0 Å². The van der Waals surface area contributed by atoms with Crippen molar-refractivity contribution >= 4 is 11.8 Å². The van der Waals surface area contributed by atoms with Gasteiger partial charge in [-0.1, -0.05) is 0 Å². The van der Waals surface area contributed by atoms with Crippen molar-refractivity contribution in [3.63, 3.8) is 0 Å². The number of carbonyl (C=O) groups excluding carboxylic acids is 2. The van der Waals surface area contributed by atoms with Crippen LogP contribution >= 0.6 is 0 Å². The van der Waals surface area contributed by atoms with Gasteiger partial charge in [-0.3, -0.25) is 14.3 Å². The number of carbonyl (C=O) groups is 2. The highest BCUT2D eigenvalue weighted by atomic mass is 16.5. The molecule has 3 fully saturated rings. The fourth-order valence-corrected chi connectivity index (χ4v) is 3.87. The van der Waals surface area contributed by atoms with E-state index in [0.29, 0.717) is 38.6 Å². The summed E-state index contributed by atoms with van der Waals surface area (Å²) in [5.74, 6) is 0.322. The van der Waals surface area contributed by atoms with E-state index in [-0.39, 0.29) is 24.3 Å². The summed E-state index contributed by atoms with van der Waals surface area (Å²) >= 11 is 0. The number of amides is 2. The van der Waals surface area contributed by atoms with Gasteiger partial charge in [-0.05, 0) is 30.7 Å². The van der Waals surface area contributed by atoms with Gasteiger partial charge in [0.15, 0.2) is 0 Å². The monoisotopic (exact) mass is 318 g/mol. The maximum atomic E-state index is 12.6. The molecular formula is C16H22N4O3. The third kappa shape index (κ3) is 2.52. The van der Waals surface area contributed by atoms with E-state index in [1.54, 1.807) is 9.58 Å². The smallest absolute Gasteiger partial charge is 0.244 e. The lowest BCUT2D eigenvalue weighted by Gasteiger charge is -2.34. The number of rotatable bonds is 4. The van der Waals surface area contributed by atoms with Gasteiger partial charge in [-0.2, -0.15) is 5.10 Å². The molecule has 2 atom stereocenters. The molecule has 2 saturated heterocycles. The van der Waals surface area contributed by atoms with E-state index in [2.05, 4.69) is 5.10 Å². The van der Waals surface area contributed by atoms with Crippen LogP contribution in [0.2, 0.25) is 0 Å². The minimum atomic E-state index is -0.614. The molecular weight excluding hydrogens is 296 g/mol. The second-order valence-electron chi connectivity index (χ2n) is 7.06. The highest BCUT2D eigenvalue weighted by Gasteiger charge is 2.53. The van der Waals surface area contributed by atoms with Crippen molar-refractivity contribution in [2.45, 2.75) is 31.7 Å². The fourth-order valence-electron chi connectivity index (χ4n) is 3.87. The summed E-state index contributed by atoms with van der Waals surface area (Å²) in [4.78, 5) is 26.3. The molecule has 124 valence electrons. The van der Waals surface area contributed by atoms with Crippen LogP contribution in [0.1, 0.15) is 30.7 Å². The number of primary amides is 1.